The Balaban J connectivity index is 2.32. The Bertz CT molecular complexity index is 394. The summed E-state index contributed by atoms with van der Waals surface area (Å²) in [6.45, 7) is 5.91. The molecule has 1 aromatic carbocycles. The lowest BCUT2D eigenvalue weighted by Crippen LogP contribution is -2.47. The normalized spacial score (nSPS) is 26.5. The molecule has 100 valence electrons. The summed E-state index contributed by atoms with van der Waals surface area (Å²) in [5.41, 5.74) is 1.06. The van der Waals surface area contributed by atoms with Crippen LogP contribution in [0.1, 0.15) is 38.3 Å². The van der Waals surface area contributed by atoms with E-state index in [2.05, 4.69) is 37.4 Å². The van der Waals surface area contributed by atoms with E-state index in [1.54, 1.807) is 7.11 Å². The van der Waals surface area contributed by atoms with Crippen LogP contribution in [-0.4, -0.2) is 25.9 Å². The molecule has 0 amide bonds. The van der Waals surface area contributed by atoms with Crippen LogP contribution in [0.5, 0.6) is 5.75 Å². The molecule has 2 atom stereocenters. The molecule has 1 aliphatic heterocycles. The van der Waals surface area contributed by atoms with Gasteiger partial charge >= 0.3 is 0 Å². The van der Waals surface area contributed by atoms with Crippen LogP contribution in [0.25, 0.3) is 0 Å². The molecule has 0 aliphatic carbocycles. The van der Waals surface area contributed by atoms with E-state index in [1.165, 1.54) is 5.56 Å². The summed E-state index contributed by atoms with van der Waals surface area (Å²) < 4.78 is 11.6. The van der Waals surface area contributed by atoms with Gasteiger partial charge in [-0.05, 0) is 19.0 Å². The van der Waals surface area contributed by atoms with Crippen molar-refractivity contribution in [3.8, 4) is 5.75 Å². The number of rotatable bonds is 5. The highest BCUT2D eigenvalue weighted by Crippen LogP contribution is 2.41. The van der Waals surface area contributed by atoms with Crippen molar-refractivity contribution in [3.05, 3.63) is 29.8 Å². The summed E-state index contributed by atoms with van der Waals surface area (Å²) in [5.74, 6) is 0.994. The van der Waals surface area contributed by atoms with E-state index in [0.717, 1.165) is 25.1 Å². The number of benzene rings is 1. The number of fused-ring (bicyclic) bond motifs is 1. The number of nitrogens with one attached hydrogen (secondary N) is 1. The monoisotopic (exact) mass is 249 g/mol. The molecule has 18 heavy (non-hydrogen) atoms. The minimum absolute atomic E-state index is 0.198. The molecule has 1 aromatic rings. The first-order valence-electron chi connectivity index (χ1n) is 6.75. The van der Waals surface area contributed by atoms with Gasteiger partial charge in [-0.25, -0.2) is 0 Å². The van der Waals surface area contributed by atoms with E-state index in [9.17, 15) is 0 Å². The summed E-state index contributed by atoms with van der Waals surface area (Å²) in [7, 11) is 1.74. The van der Waals surface area contributed by atoms with Gasteiger partial charge in [-0.1, -0.05) is 32.0 Å². The molecule has 0 aromatic heterocycles. The first-order chi connectivity index (χ1) is 8.74. The molecule has 1 heterocycles. The largest absolute Gasteiger partial charge is 0.484 e. The van der Waals surface area contributed by atoms with Crippen LogP contribution >= 0.6 is 0 Å². The average Bonchev–Trinajstić information content (AvgIpc) is 2.39. The fourth-order valence-corrected chi connectivity index (χ4v) is 2.72. The molecule has 0 spiro atoms. The topological polar surface area (TPSA) is 30.5 Å². The van der Waals surface area contributed by atoms with Gasteiger partial charge in [-0.15, -0.1) is 0 Å². The molecule has 2 unspecified atom stereocenters. The summed E-state index contributed by atoms with van der Waals surface area (Å²) in [6.07, 6.45) is 1.92. The van der Waals surface area contributed by atoms with E-state index in [0.29, 0.717) is 12.6 Å². The Hall–Kier alpha value is -1.06. The minimum Gasteiger partial charge on any atom is -0.484 e. The molecule has 0 saturated carbocycles. The van der Waals surface area contributed by atoms with E-state index in [4.69, 9.17) is 9.47 Å². The summed E-state index contributed by atoms with van der Waals surface area (Å²) in [5, 5.41) is 3.55. The van der Waals surface area contributed by atoms with Crippen molar-refractivity contribution in [2.45, 2.75) is 38.3 Å². The Morgan fingerprint density at radius 1 is 1.39 bits per heavy atom. The van der Waals surface area contributed by atoms with Crippen LogP contribution in [0.4, 0.5) is 0 Å². The number of ether oxygens (including phenoxy) is 2. The summed E-state index contributed by atoms with van der Waals surface area (Å²) in [4.78, 5) is 0. The molecule has 0 bridgehead atoms. The van der Waals surface area contributed by atoms with Crippen molar-refractivity contribution < 1.29 is 9.47 Å². The van der Waals surface area contributed by atoms with Crippen molar-refractivity contribution >= 4 is 0 Å². The second-order valence-electron chi connectivity index (χ2n) is 4.92. The average molecular weight is 249 g/mol. The number of methoxy groups -OCH3 is 1. The zero-order valence-corrected chi connectivity index (χ0v) is 11.5. The fourth-order valence-electron chi connectivity index (χ4n) is 2.72. The molecule has 0 saturated heterocycles. The first-order valence-corrected chi connectivity index (χ1v) is 6.75. The van der Waals surface area contributed by atoms with Crippen LogP contribution < -0.4 is 10.1 Å². The highest BCUT2D eigenvalue weighted by atomic mass is 16.5. The second kappa shape index (κ2) is 5.72. The lowest BCUT2D eigenvalue weighted by Gasteiger charge is -2.41. The zero-order chi connectivity index (χ0) is 13.0. The number of para-hydroxylation sites is 1. The third-order valence-corrected chi connectivity index (χ3v) is 3.70. The molecule has 2 rings (SSSR count). The molecule has 3 nitrogen and oxygen atoms in total. The minimum atomic E-state index is -0.198. The molecule has 0 fully saturated rings. The lowest BCUT2D eigenvalue weighted by molar-refractivity contribution is -0.0369. The van der Waals surface area contributed by atoms with Gasteiger partial charge in [0.05, 0.1) is 6.61 Å². The molecule has 0 radical (unpaired) electrons. The molecule has 3 heteroatoms. The van der Waals surface area contributed by atoms with Gasteiger partial charge in [0.25, 0.3) is 0 Å². The van der Waals surface area contributed by atoms with Crippen molar-refractivity contribution in [3.63, 3.8) is 0 Å². The van der Waals surface area contributed by atoms with Crippen LogP contribution in [0.3, 0.4) is 0 Å². The number of hydrogen-bond acceptors (Lipinski definition) is 3. The smallest absolute Gasteiger partial charge is 0.134 e. The van der Waals surface area contributed by atoms with Gasteiger partial charge in [0.2, 0.25) is 0 Å². The van der Waals surface area contributed by atoms with E-state index in [-0.39, 0.29) is 5.60 Å². The highest BCUT2D eigenvalue weighted by Gasteiger charge is 2.39. The Kier molecular flexibility index (Phi) is 4.25. The van der Waals surface area contributed by atoms with Crippen LogP contribution in [0.2, 0.25) is 0 Å². The van der Waals surface area contributed by atoms with Crippen molar-refractivity contribution in [1.29, 1.82) is 0 Å². The lowest BCUT2D eigenvalue weighted by atomic mass is 9.85. The van der Waals surface area contributed by atoms with E-state index >= 15 is 0 Å². The predicted octanol–water partition coefficient (Wildman–Crippen LogP) is 2.91. The molecular weight excluding hydrogens is 226 g/mol. The van der Waals surface area contributed by atoms with Crippen molar-refractivity contribution in [2.75, 3.05) is 20.3 Å². The van der Waals surface area contributed by atoms with Gasteiger partial charge in [-0.2, -0.15) is 0 Å². The third kappa shape index (κ3) is 2.52. The number of hydrogen-bond donors (Lipinski definition) is 1. The van der Waals surface area contributed by atoms with Gasteiger partial charge < -0.3 is 14.8 Å². The zero-order valence-electron chi connectivity index (χ0n) is 11.5. The Morgan fingerprint density at radius 3 is 2.83 bits per heavy atom. The molecular formula is C15H23NO2. The van der Waals surface area contributed by atoms with Crippen LogP contribution in [0, 0.1) is 0 Å². The maximum absolute atomic E-state index is 6.22. The molecule has 1 aliphatic rings. The van der Waals surface area contributed by atoms with Gasteiger partial charge in [0.15, 0.2) is 0 Å². The fraction of sp³-hybridized carbons (Fsp3) is 0.600. The standard InChI is InChI=1S/C15H23NO2/c1-4-15(11-17-3)10-13(16-5-2)12-8-6-7-9-14(12)18-15/h6-9,13,16H,4-5,10-11H2,1-3H3. The van der Waals surface area contributed by atoms with Crippen LogP contribution in [-0.2, 0) is 4.74 Å². The van der Waals surface area contributed by atoms with Gasteiger partial charge in [0.1, 0.15) is 11.4 Å². The summed E-state index contributed by atoms with van der Waals surface area (Å²) in [6, 6.07) is 8.66. The Morgan fingerprint density at radius 2 is 2.17 bits per heavy atom. The van der Waals surface area contributed by atoms with Gasteiger partial charge in [-0.3, -0.25) is 0 Å². The summed E-state index contributed by atoms with van der Waals surface area (Å²) >= 11 is 0. The van der Waals surface area contributed by atoms with Crippen molar-refractivity contribution in [2.24, 2.45) is 0 Å². The maximum Gasteiger partial charge on any atom is 0.134 e. The Labute approximate surface area is 109 Å². The van der Waals surface area contributed by atoms with Crippen molar-refractivity contribution in [1.82, 2.24) is 5.32 Å². The first kappa shape index (κ1) is 13.4. The van der Waals surface area contributed by atoms with Crippen LogP contribution in [0.15, 0.2) is 24.3 Å². The predicted molar refractivity (Wildman–Crippen MR) is 73.0 cm³/mol. The molecule has 1 N–H and O–H groups in total. The van der Waals surface area contributed by atoms with Gasteiger partial charge in [0, 0.05) is 25.1 Å². The maximum atomic E-state index is 6.22. The van der Waals surface area contributed by atoms with E-state index < -0.39 is 0 Å². The second-order valence-corrected chi connectivity index (χ2v) is 4.92. The SMILES string of the molecule is CCNC1CC(CC)(COC)Oc2ccccc21. The quantitative estimate of drug-likeness (QED) is 0.870. The highest BCUT2D eigenvalue weighted by molar-refractivity contribution is 5.39. The van der Waals surface area contributed by atoms with E-state index in [1.807, 2.05) is 6.07 Å². The third-order valence-electron chi connectivity index (χ3n) is 3.70.